The number of halogens is 1. The van der Waals surface area contributed by atoms with Crippen LogP contribution in [0, 0.1) is 0 Å². The van der Waals surface area contributed by atoms with E-state index >= 15 is 0 Å². The van der Waals surface area contributed by atoms with Crippen molar-refractivity contribution in [3.8, 4) is 28.9 Å². The Kier molecular flexibility index (Phi) is 11.3. The zero-order chi connectivity index (χ0) is 44.7. The van der Waals surface area contributed by atoms with E-state index < -0.39 is 23.5 Å². The lowest BCUT2D eigenvalue weighted by Gasteiger charge is -2.06. The monoisotopic (exact) mass is 871 g/mol. The number of nitrogens with one attached hydrogen (secondary N) is 3. The first-order valence-electron chi connectivity index (χ1n) is 17.9. The molecule has 300 valence electrons. The molecular formula is C35H29BrN14O9. The second-order valence-corrected chi connectivity index (χ2v) is 11.9. The van der Waals surface area contributed by atoms with E-state index in [4.69, 9.17) is 28.5 Å². The fraction of sp³-hybridized carbons (Fsp3) is 0.114. The van der Waals surface area contributed by atoms with Crippen LogP contribution in [0.15, 0.2) is 83.1 Å². The molecule has 8 aromatic heterocycles. The van der Waals surface area contributed by atoms with Crippen molar-refractivity contribution in [2.75, 3.05) is 27.9 Å². The molecule has 0 amide bonds. The summed E-state index contributed by atoms with van der Waals surface area (Å²) in [7, 11) is 4.40. The summed E-state index contributed by atoms with van der Waals surface area (Å²) in [6.07, 6.45) is 12.6. The van der Waals surface area contributed by atoms with Crippen LogP contribution in [0.5, 0.6) is 17.2 Å². The number of ketones is 2. The van der Waals surface area contributed by atoms with Crippen LogP contribution in [0.2, 0.25) is 0 Å². The number of fused-ring (bicyclic) bond motifs is 3. The van der Waals surface area contributed by atoms with E-state index in [9.17, 15) is 19.2 Å². The molecule has 23 nitrogen and oxygen atoms in total. The lowest BCUT2D eigenvalue weighted by atomic mass is 10.1. The number of rotatable bonds is 9. The number of hydrogen-bond donors (Lipinski definition) is 5. The number of ether oxygens (including phenoxy) is 3. The van der Waals surface area contributed by atoms with Crippen LogP contribution in [0.1, 0.15) is 24.8 Å². The van der Waals surface area contributed by atoms with Crippen LogP contribution in [-0.2, 0) is 9.59 Å². The smallest absolute Gasteiger partial charge is 0.377 e. The van der Waals surface area contributed by atoms with Crippen LogP contribution in [0.3, 0.4) is 0 Å². The Morgan fingerprint density at radius 2 is 1.37 bits per heavy atom. The van der Waals surface area contributed by atoms with Crippen molar-refractivity contribution >= 4 is 84.7 Å². The molecule has 8 aromatic rings. The summed E-state index contributed by atoms with van der Waals surface area (Å²) in [6, 6.07) is 1.96. The Balaban J connectivity index is 0.000000150. The number of carbonyl (C=O) groups is 4. The maximum Gasteiger partial charge on any atom is 0.377 e. The number of Topliss-reactive ketones (excluding diaryl/α,β-unsaturated/α-hetero) is 2. The lowest BCUT2D eigenvalue weighted by Crippen LogP contribution is -2.12. The molecule has 24 heteroatoms. The molecule has 5 N–H and O–H groups in total. The van der Waals surface area contributed by atoms with E-state index in [1.54, 1.807) is 19.5 Å². The molecule has 59 heavy (non-hydrogen) atoms. The Labute approximate surface area is 342 Å². The van der Waals surface area contributed by atoms with Gasteiger partial charge in [0.25, 0.3) is 11.6 Å². The van der Waals surface area contributed by atoms with E-state index in [-0.39, 0.29) is 64.0 Å². The van der Waals surface area contributed by atoms with Crippen molar-refractivity contribution in [2.45, 2.75) is 0 Å². The molecule has 0 radical (unpaired) electrons. The maximum atomic E-state index is 11.8. The summed E-state index contributed by atoms with van der Waals surface area (Å²) < 4.78 is 40.3. The number of aromatic amines is 3. The van der Waals surface area contributed by atoms with Gasteiger partial charge in [-0.3, -0.25) is 14.6 Å². The number of aliphatic imine (C=N–C) groups is 2. The van der Waals surface area contributed by atoms with Gasteiger partial charge in [0.15, 0.2) is 11.6 Å². The van der Waals surface area contributed by atoms with Crippen LogP contribution < -0.4 is 14.2 Å². The van der Waals surface area contributed by atoms with Crippen molar-refractivity contribution in [3.63, 3.8) is 0 Å². The largest absolute Gasteiger partial charge is 0.494 e. The van der Waals surface area contributed by atoms with Crippen molar-refractivity contribution in [1.29, 1.82) is 0 Å². The fourth-order valence-electron chi connectivity index (χ4n) is 5.37. The van der Waals surface area contributed by atoms with Gasteiger partial charge in [0.2, 0.25) is 0 Å². The molecule has 1 aliphatic rings. The molecule has 0 unspecified atom stereocenters. The van der Waals surface area contributed by atoms with Gasteiger partial charge in [-0.15, -0.1) is 0 Å². The third kappa shape index (κ3) is 8.50. The summed E-state index contributed by atoms with van der Waals surface area (Å²) >= 11 is 3.34. The number of methoxy groups -OCH3 is 3. The molecule has 0 saturated carbocycles. The number of nitrogens with zero attached hydrogens (tertiary/aromatic N) is 11. The SMILES string of the molecule is COc1cnc(Br)c2[nH]ccc12.[2H]C1=NCC=N1.[2H]c1ncn(-c2ncc(OC)c3c(C(=O)C(=O)O)c[nH]c23)n1.[2H]c1ncnn1-c1ncc(OC)c2c(C(=O)C(=O)O)c[nH]c12. The van der Waals surface area contributed by atoms with Crippen LogP contribution >= 0.6 is 15.9 Å². The highest BCUT2D eigenvalue weighted by molar-refractivity contribution is 9.10. The summed E-state index contributed by atoms with van der Waals surface area (Å²) in [4.78, 5) is 80.9. The van der Waals surface area contributed by atoms with Crippen molar-refractivity contribution < 1.29 is 47.7 Å². The molecule has 0 bridgehead atoms. The number of hydrogen-bond acceptors (Lipinski definition) is 16. The molecule has 0 fully saturated rings. The van der Waals surface area contributed by atoms with Gasteiger partial charge in [0.05, 0.1) is 84.9 Å². The standard InChI is InChI=1S/2C12H9N5O4.C8H7BrN2O.C3H4N2/c2*1-21-7-3-15-11(17-5-13-4-16-17)9-8(7)6(2-14-9)10(18)12(19)20;1-12-6-4-11-8(9)7-5(6)2-3-10-7;1-2-5-3-4-1/h2*2-5,14H,1H3,(H,19,20);2-4,10H,1H3;1,3H,2H2/i5D;4D;;3D. The average Bonchev–Trinajstić information content (AvgIpc) is 4.13. The highest BCUT2D eigenvalue weighted by atomic mass is 79.9. The second kappa shape index (κ2) is 18.2. The molecule has 9 heterocycles. The fourth-order valence-corrected chi connectivity index (χ4v) is 5.80. The third-order valence-electron chi connectivity index (χ3n) is 7.92. The Hall–Kier alpha value is -8.15. The van der Waals surface area contributed by atoms with Gasteiger partial charge in [0.1, 0.15) is 57.5 Å². The molecule has 0 aliphatic carbocycles. The van der Waals surface area contributed by atoms with Gasteiger partial charge >= 0.3 is 11.9 Å². The highest BCUT2D eigenvalue weighted by Crippen LogP contribution is 2.33. The molecule has 0 spiro atoms. The minimum absolute atomic E-state index is 0.0470. The summed E-state index contributed by atoms with van der Waals surface area (Å²) in [5, 5.41) is 27.1. The van der Waals surface area contributed by atoms with Gasteiger partial charge in [-0.1, -0.05) is 0 Å². The Morgan fingerprint density at radius 3 is 1.83 bits per heavy atom. The minimum atomic E-state index is -1.58. The van der Waals surface area contributed by atoms with Crippen molar-refractivity contribution in [1.82, 2.24) is 59.4 Å². The highest BCUT2D eigenvalue weighted by Gasteiger charge is 2.25. The maximum absolute atomic E-state index is 11.8. The Morgan fingerprint density at radius 1 is 0.780 bits per heavy atom. The van der Waals surface area contributed by atoms with Crippen LogP contribution in [0.4, 0.5) is 0 Å². The Bertz CT molecular complexity index is 3040. The third-order valence-corrected chi connectivity index (χ3v) is 8.53. The lowest BCUT2D eigenvalue weighted by molar-refractivity contribution is -0.132. The number of carbonyl (C=O) groups excluding carboxylic acids is 2. The topological polar surface area (TPSA) is 309 Å². The minimum Gasteiger partial charge on any atom is -0.494 e. The summed E-state index contributed by atoms with van der Waals surface area (Å²) in [5.41, 5.74) is 1.54. The molecular weight excluding hydrogens is 840 g/mol. The number of carboxylic acid groups (broad SMARTS) is 2. The number of carboxylic acids is 2. The summed E-state index contributed by atoms with van der Waals surface area (Å²) in [6.45, 7) is 0.596. The van der Waals surface area contributed by atoms with Gasteiger partial charge < -0.3 is 39.4 Å². The van der Waals surface area contributed by atoms with E-state index in [1.165, 1.54) is 56.3 Å². The van der Waals surface area contributed by atoms with E-state index in [2.05, 4.69) is 76.0 Å². The predicted molar refractivity (Wildman–Crippen MR) is 211 cm³/mol. The van der Waals surface area contributed by atoms with Crippen LogP contribution in [-0.4, -0.2) is 134 Å². The molecule has 0 saturated heterocycles. The molecule has 1 aliphatic heterocycles. The predicted octanol–water partition coefficient (Wildman–Crippen LogP) is 3.27. The van der Waals surface area contributed by atoms with Gasteiger partial charge in [-0.05, 0) is 22.0 Å². The number of H-pyrrole nitrogens is 3. The number of aromatic nitrogens is 12. The molecule has 0 aromatic carbocycles. The van der Waals surface area contributed by atoms with Crippen LogP contribution in [0.25, 0.3) is 44.3 Å². The van der Waals surface area contributed by atoms with E-state index in [0.717, 1.165) is 25.9 Å². The van der Waals surface area contributed by atoms with Gasteiger partial charge in [0, 0.05) is 30.2 Å². The first kappa shape index (κ1) is 36.5. The van der Waals surface area contributed by atoms with Crippen molar-refractivity contribution in [2.24, 2.45) is 9.98 Å². The first-order valence-corrected chi connectivity index (χ1v) is 17.2. The normalized spacial score (nSPS) is 12.1. The van der Waals surface area contributed by atoms with Gasteiger partial charge in [-0.25, -0.2) is 48.9 Å². The number of aliphatic carboxylic acids is 2. The zero-order valence-corrected chi connectivity index (χ0v) is 32.1. The average molecular weight is 873 g/mol. The zero-order valence-electron chi connectivity index (χ0n) is 33.5. The number of amidine groups is 1. The van der Waals surface area contributed by atoms with E-state index in [1.807, 2.05) is 12.3 Å². The quantitative estimate of drug-likeness (QED) is 0.0789. The van der Waals surface area contributed by atoms with Gasteiger partial charge in [-0.2, -0.15) is 10.2 Å². The summed E-state index contributed by atoms with van der Waals surface area (Å²) in [5.74, 6) is -3.55. The first-order chi connectivity index (χ1) is 29.8. The molecule has 9 rings (SSSR count). The van der Waals surface area contributed by atoms with E-state index in [0.29, 0.717) is 17.6 Å². The second-order valence-electron chi connectivity index (χ2n) is 11.2. The number of pyridine rings is 3. The van der Waals surface area contributed by atoms with Crippen molar-refractivity contribution in [3.05, 3.63) is 84.2 Å². The molecule has 0 atom stereocenters.